The number of hydrogen-bond donors (Lipinski definition) is 2. The molecule has 3 rings (SSSR count). The van der Waals surface area contributed by atoms with E-state index in [0.717, 1.165) is 39.7 Å². The van der Waals surface area contributed by atoms with Crippen LogP contribution in [0, 0.1) is 13.8 Å². The lowest BCUT2D eigenvalue weighted by Gasteiger charge is -2.08. The van der Waals surface area contributed by atoms with Crippen LogP contribution in [-0.2, 0) is 0 Å². The fraction of sp³-hybridized carbons (Fsp3) is 0.294. The summed E-state index contributed by atoms with van der Waals surface area (Å²) in [5.41, 5.74) is 4.65. The van der Waals surface area contributed by atoms with Crippen molar-refractivity contribution in [3.8, 4) is 16.9 Å². The van der Waals surface area contributed by atoms with Crippen LogP contribution < -0.4 is 10.1 Å². The van der Waals surface area contributed by atoms with Crippen molar-refractivity contribution >= 4 is 11.5 Å². The number of aryl methyl sites for hydroxylation is 2. The van der Waals surface area contributed by atoms with Gasteiger partial charge in [-0.05, 0) is 31.5 Å². The van der Waals surface area contributed by atoms with Gasteiger partial charge in [-0.2, -0.15) is 9.61 Å². The minimum absolute atomic E-state index is 0.0639. The Morgan fingerprint density at radius 1 is 1.22 bits per heavy atom. The van der Waals surface area contributed by atoms with Crippen LogP contribution in [0.4, 0.5) is 5.82 Å². The van der Waals surface area contributed by atoms with E-state index in [-0.39, 0.29) is 6.61 Å². The third kappa shape index (κ3) is 2.85. The number of aromatic nitrogens is 3. The number of aliphatic hydroxyl groups is 1. The van der Waals surface area contributed by atoms with E-state index in [2.05, 4.69) is 15.4 Å². The van der Waals surface area contributed by atoms with Crippen molar-refractivity contribution in [2.45, 2.75) is 13.8 Å². The molecule has 2 aromatic heterocycles. The Bertz CT molecular complexity index is 825. The Balaban J connectivity index is 2.16. The molecule has 0 unspecified atom stereocenters. The van der Waals surface area contributed by atoms with Gasteiger partial charge >= 0.3 is 0 Å². The van der Waals surface area contributed by atoms with Gasteiger partial charge in [0.05, 0.1) is 19.4 Å². The van der Waals surface area contributed by atoms with Gasteiger partial charge < -0.3 is 15.2 Å². The number of rotatable bonds is 5. The molecule has 2 heterocycles. The van der Waals surface area contributed by atoms with Crippen LogP contribution in [-0.4, -0.2) is 40.0 Å². The highest BCUT2D eigenvalue weighted by Gasteiger charge is 2.16. The molecular weight excluding hydrogens is 292 g/mol. The summed E-state index contributed by atoms with van der Waals surface area (Å²) >= 11 is 0. The summed E-state index contributed by atoms with van der Waals surface area (Å²) in [6, 6.07) is 9.80. The Kier molecular flexibility index (Phi) is 4.16. The molecule has 6 nitrogen and oxygen atoms in total. The monoisotopic (exact) mass is 312 g/mol. The third-order valence-electron chi connectivity index (χ3n) is 3.69. The highest BCUT2D eigenvalue weighted by Crippen LogP contribution is 2.30. The molecule has 0 amide bonds. The van der Waals surface area contributed by atoms with Gasteiger partial charge in [-0.1, -0.05) is 12.1 Å². The lowest BCUT2D eigenvalue weighted by molar-refractivity contribution is 0.311. The first-order chi connectivity index (χ1) is 11.1. The Morgan fingerprint density at radius 2 is 1.96 bits per heavy atom. The quantitative estimate of drug-likeness (QED) is 0.757. The van der Waals surface area contributed by atoms with Crippen molar-refractivity contribution in [3.63, 3.8) is 0 Å². The zero-order chi connectivity index (χ0) is 16.4. The van der Waals surface area contributed by atoms with Crippen LogP contribution in [0.3, 0.4) is 0 Å². The maximum absolute atomic E-state index is 9.04. The van der Waals surface area contributed by atoms with Crippen molar-refractivity contribution in [1.82, 2.24) is 14.6 Å². The predicted octanol–water partition coefficient (Wildman–Crippen LogP) is 2.43. The number of nitrogens with zero attached hydrogens (tertiary/aromatic N) is 3. The van der Waals surface area contributed by atoms with E-state index in [9.17, 15) is 0 Å². The Morgan fingerprint density at radius 3 is 2.61 bits per heavy atom. The Labute approximate surface area is 134 Å². The van der Waals surface area contributed by atoms with Crippen molar-refractivity contribution < 1.29 is 9.84 Å². The summed E-state index contributed by atoms with van der Waals surface area (Å²) in [7, 11) is 1.65. The molecule has 3 aromatic rings. The molecule has 0 atom stereocenters. The van der Waals surface area contributed by atoms with E-state index in [1.165, 1.54) is 0 Å². The van der Waals surface area contributed by atoms with Crippen molar-refractivity contribution in [2.75, 3.05) is 25.6 Å². The van der Waals surface area contributed by atoms with Gasteiger partial charge in [-0.25, -0.2) is 4.98 Å². The smallest absolute Gasteiger partial charge is 0.165 e. The largest absolute Gasteiger partial charge is 0.497 e. The van der Waals surface area contributed by atoms with Crippen LogP contribution in [0.5, 0.6) is 5.75 Å². The third-order valence-corrected chi connectivity index (χ3v) is 3.69. The number of nitrogens with one attached hydrogen (secondary N) is 1. The maximum Gasteiger partial charge on any atom is 0.165 e. The number of aliphatic hydroxyl groups excluding tert-OH is 1. The molecule has 0 aliphatic carbocycles. The molecule has 23 heavy (non-hydrogen) atoms. The second kappa shape index (κ2) is 6.26. The zero-order valence-corrected chi connectivity index (χ0v) is 13.5. The van der Waals surface area contributed by atoms with E-state index >= 15 is 0 Å². The van der Waals surface area contributed by atoms with Gasteiger partial charge in [0.25, 0.3) is 0 Å². The summed E-state index contributed by atoms with van der Waals surface area (Å²) in [4.78, 5) is 4.65. The SMILES string of the molecule is COc1ccc(-c2c(C)nn3c(NCCO)cc(C)nc23)cc1. The molecule has 0 radical (unpaired) electrons. The van der Waals surface area contributed by atoms with Crippen molar-refractivity contribution in [1.29, 1.82) is 0 Å². The molecular formula is C17H20N4O2. The second-order valence-electron chi connectivity index (χ2n) is 5.36. The molecule has 0 spiro atoms. The molecule has 0 aliphatic rings. The van der Waals surface area contributed by atoms with Gasteiger partial charge in [-0.15, -0.1) is 0 Å². The molecule has 120 valence electrons. The highest BCUT2D eigenvalue weighted by molar-refractivity contribution is 5.81. The molecule has 6 heteroatoms. The zero-order valence-electron chi connectivity index (χ0n) is 13.5. The highest BCUT2D eigenvalue weighted by atomic mass is 16.5. The van der Waals surface area contributed by atoms with Crippen LogP contribution in [0.2, 0.25) is 0 Å². The molecule has 1 aromatic carbocycles. The first-order valence-electron chi connectivity index (χ1n) is 7.50. The molecule has 2 N–H and O–H groups in total. The molecule has 0 fully saturated rings. The van der Waals surface area contributed by atoms with Gasteiger partial charge in [0.2, 0.25) is 0 Å². The van der Waals surface area contributed by atoms with Gasteiger partial charge in [0, 0.05) is 23.9 Å². The summed E-state index contributed by atoms with van der Waals surface area (Å²) in [5, 5.41) is 16.8. The van der Waals surface area contributed by atoms with Gasteiger partial charge in [-0.3, -0.25) is 0 Å². The number of methoxy groups -OCH3 is 1. The van der Waals surface area contributed by atoms with E-state index in [1.807, 2.05) is 44.2 Å². The number of fused-ring (bicyclic) bond motifs is 1. The van der Waals surface area contributed by atoms with E-state index < -0.39 is 0 Å². The molecule has 0 saturated heterocycles. The first-order valence-corrected chi connectivity index (χ1v) is 7.50. The summed E-state index contributed by atoms with van der Waals surface area (Å²) in [5.74, 6) is 1.64. The predicted molar refractivity (Wildman–Crippen MR) is 90.0 cm³/mol. The maximum atomic E-state index is 9.04. The number of anilines is 1. The number of benzene rings is 1. The van der Waals surface area contributed by atoms with Crippen LogP contribution in [0.1, 0.15) is 11.4 Å². The minimum Gasteiger partial charge on any atom is -0.497 e. The fourth-order valence-electron chi connectivity index (χ4n) is 2.65. The minimum atomic E-state index is 0.0639. The standard InChI is InChI=1S/C17H20N4O2/c1-11-10-15(18-8-9-22)21-17(19-11)16(12(2)20-21)13-4-6-14(23-3)7-5-13/h4-7,10,18,22H,8-9H2,1-3H3. The second-order valence-corrected chi connectivity index (χ2v) is 5.36. The van der Waals surface area contributed by atoms with Crippen molar-refractivity contribution in [3.05, 3.63) is 41.7 Å². The summed E-state index contributed by atoms with van der Waals surface area (Å²) in [6.07, 6.45) is 0. The molecule has 0 saturated carbocycles. The summed E-state index contributed by atoms with van der Waals surface area (Å²) < 4.78 is 7.01. The lowest BCUT2D eigenvalue weighted by atomic mass is 10.1. The van der Waals surface area contributed by atoms with Crippen molar-refractivity contribution in [2.24, 2.45) is 0 Å². The lowest BCUT2D eigenvalue weighted by Crippen LogP contribution is -2.10. The first kappa shape index (κ1) is 15.3. The van der Waals surface area contributed by atoms with E-state index in [0.29, 0.717) is 6.54 Å². The van der Waals surface area contributed by atoms with E-state index in [1.54, 1.807) is 11.6 Å². The summed E-state index contributed by atoms with van der Waals surface area (Å²) in [6.45, 7) is 4.45. The normalized spacial score (nSPS) is 11.0. The molecule has 0 bridgehead atoms. The number of ether oxygens (including phenoxy) is 1. The average Bonchev–Trinajstić information content (AvgIpc) is 2.88. The average molecular weight is 312 g/mol. The van der Waals surface area contributed by atoms with Crippen LogP contribution in [0.15, 0.2) is 30.3 Å². The van der Waals surface area contributed by atoms with Crippen LogP contribution in [0.25, 0.3) is 16.8 Å². The van der Waals surface area contributed by atoms with Gasteiger partial charge in [0.15, 0.2) is 5.65 Å². The number of hydrogen-bond acceptors (Lipinski definition) is 5. The fourth-order valence-corrected chi connectivity index (χ4v) is 2.65. The topological polar surface area (TPSA) is 71.7 Å². The Hall–Kier alpha value is -2.60. The van der Waals surface area contributed by atoms with Gasteiger partial charge in [0.1, 0.15) is 11.6 Å². The van der Waals surface area contributed by atoms with E-state index in [4.69, 9.17) is 9.84 Å². The molecule has 0 aliphatic heterocycles. The van der Waals surface area contributed by atoms with Crippen LogP contribution >= 0.6 is 0 Å².